The van der Waals surface area contributed by atoms with Gasteiger partial charge in [-0.15, -0.1) is 11.3 Å². The van der Waals surface area contributed by atoms with Gasteiger partial charge in [-0.1, -0.05) is 23.2 Å². The van der Waals surface area contributed by atoms with Crippen LogP contribution in [0.2, 0.25) is 10.0 Å². The number of halogens is 2. The molecule has 21 heavy (non-hydrogen) atoms. The van der Waals surface area contributed by atoms with Crippen molar-refractivity contribution in [3.63, 3.8) is 0 Å². The molecule has 2 rings (SSSR count). The number of nitrogens with one attached hydrogen (secondary N) is 1. The van der Waals surface area contributed by atoms with Crippen molar-refractivity contribution < 1.29 is 8.42 Å². The van der Waals surface area contributed by atoms with Crippen molar-refractivity contribution in [2.75, 3.05) is 0 Å². The molecule has 0 atom stereocenters. The quantitative estimate of drug-likeness (QED) is 0.852. The van der Waals surface area contributed by atoms with E-state index >= 15 is 0 Å². The van der Waals surface area contributed by atoms with Gasteiger partial charge in [0.15, 0.2) is 0 Å². The number of benzene rings is 1. The molecule has 1 aromatic heterocycles. The Bertz CT molecular complexity index is 760. The number of aryl methyl sites for hydroxylation is 1. The molecule has 2 aromatic rings. The highest BCUT2D eigenvalue weighted by molar-refractivity contribution is 7.89. The van der Waals surface area contributed by atoms with E-state index in [9.17, 15) is 8.42 Å². The van der Waals surface area contributed by atoms with E-state index in [1.165, 1.54) is 23.5 Å². The zero-order valence-corrected chi connectivity index (χ0v) is 14.2. The minimum absolute atomic E-state index is 0.0408. The van der Waals surface area contributed by atoms with E-state index in [0.29, 0.717) is 16.3 Å². The van der Waals surface area contributed by atoms with Gasteiger partial charge in [0, 0.05) is 22.5 Å². The summed E-state index contributed by atoms with van der Waals surface area (Å²) in [5, 5.41) is 3.06. The molecule has 0 aliphatic rings. The fourth-order valence-electron chi connectivity index (χ4n) is 1.71. The lowest BCUT2D eigenvalue weighted by Gasteiger charge is -2.11. The Hall–Kier alpha value is -0.700. The number of hydrogen-bond acceptors (Lipinski definition) is 5. The standard InChI is InChI=1S/C12H13Cl2N3O2S2/c1-7-17-8(6-20-7)5-16-21(18,19)11-3-2-10(13)9(4-15)12(11)14/h2-3,6,16H,4-5,15H2,1H3. The molecule has 9 heteroatoms. The molecular formula is C12H13Cl2N3O2S2. The number of hydrogen-bond donors (Lipinski definition) is 2. The normalized spacial score (nSPS) is 11.8. The van der Waals surface area contributed by atoms with Crippen LogP contribution in [0.3, 0.4) is 0 Å². The smallest absolute Gasteiger partial charge is 0.242 e. The molecule has 114 valence electrons. The molecule has 0 bridgehead atoms. The average molecular weight is 366 g/mol. The van der Waals surface area contributed by atoms with Crippen LogP contribution in [0.15, 0.2) is 22.4 Å². The Labute approximate surface area is 137 Å². The van der Waals surface area contributed by atoms with Gasteiger partial charge in [-0.3, -0.25) is 0 Å². The van der Waals surface area contributed by atoms with Gasteiger partial charge in [0.1, 0.15) is 4.90 Å². The van der Waals surface area contributed by atoms with Gasteiger partial charge in [-0.05, 0) is 19.1 Å². The maximum atomic E-state index is 12.3. The van der Waals surface area contributed by atoms with Gasteiger partial charge in [0.2, 0.25) is 10.0 Å². The summed E-state index contributed by atoms with van der Waals surface area (Å²) in [7, 11) is -3.76. The zero-order chi connectivity index (χ0) is 15.6. The number of thiazole rings is 1. The molecule has 3 N–H and O–H groups in total. The fraction of sp³-hybridized carbons (Fsp3) is 0.250. The van der Waals surface area contributed by atoms with E-state index in [1.807, 2.05) is 6.92 Å². The molecule has 0 saturated carbocycles. The fourth-order valence-corrected chi connectivity index (χ4v) is 4.25. The summed E-state index contributed by atoms with van der Waals surface area (Å²) >= 11 is 13.5. The predicted octanol–water partition coefficient (Wildman–Crippen LogP) is 2.70. The minimum atomic E-state index is -3.76. The topological polar surface area (TPSA) is 85.1 Å². The molecule has 0 spiro atoms. The minimum Gasteiger partial charge on any atom is -0.326 e. The summed E-state index contributed by atoms with van der Waals surface area (Å²) in [6.07, 6.45) is 0. The zero-order valence-electron chi connectivity index (χ0n) is 11.1. The highest BCUT2D eigenvalue weighted by Gasteiger charge is 2.21. The van der Waals surface area contributed by atoms with E-state index in [1.54, 1.807) is 5.38 Å². The van der Waals surface area contributed by atoms with Crippen molar-refractivity contribution in [1.29, 1.82) is 0 Å². The first-order valence-electron chi connectivity index (χ1n) is 5.92. The summed E-state index contributed by atoms with van der Waals surface area (Å²) in [6, 6.07) is 2.83. The molecule has 0 amide bonds. The van der Waals surface area contributed by atoms with Crippen molar-refractivity contribution in [2.45, 2.75) is 24.9 Å². The van der Waals surface area contributed by atoms with Crippen LogP contribution in [-0.2, 0) is 23.1 Å². The lowest BCUT2D eigenvalue weighted by Crippen LogP contribution is -2.24. The van der Waals surface area contributed by atoms with Crippen LogP contribution in [0.25, 0.3) is 0 Å². The van der Waals surface area contributed by atoms with Crippen molar-refractivity contribution in [3.8, 4) is 0 Å². The third-order valence-corrected chi connectivity index (χ3v) is 5.92. The summed E-state index contributed by atoms with van der Waals surface area (Å²) in [6.45, 7) is 2.02. The van der Waals surface area contributed by atoms with Crippen LogP contribution >= 0.6 is 34.5 Å². The van der Waals surface area contributed by atoms with E-state index < -0.39 is 10.0 Å². The molecule has 0 aliphatic carbocycles. The Morgan fingerprint density at radius 3 is 2.67 bits per heavy atom. The van der Waals surface area contributed by atoms with Gasteiger partial charge in [0.25, 0.3) is 0 Å². The summed E-state index contributed by atoms with van der Waals surface area (Å²) in [4.78, 5) is 4.15. The Morgan fingerprint density at radius 1 is 1.38 bits per heavy atom. The number of nitrogens with two attached hydrogens (primary N) is 1. The number of aromatic nitrogens is 1. The largest absolute Gasteiger partial charge is 0.326 e. The van der Waals surface area contributed by atoms with Crippen molar-refractivity contribution in [2.24, 2.45) is 5.73 Å². The van der Waals surface area contributed by atoms with Crippen molar-refractivity contribution >= 4 is 44.6 Å². The van der Waals surface area contributed by atoms with E-state index in [-0.39, 0.29) is 23.0 Å². The lowest BCUT2D eigenvalue weighted by atomic mass is 10.2. The van der Waals surface area contributed by atoms with Crippen LogP contribution in [0.1, 0.15) is 16.3 Å². The first-order chi connectivity index (χ1) is 9.85. The number of rotatable bonds is 5. The number of nitrogens with zero attached hydrogens (tertiary/aromatic N) is 1. The average Bonchev–Trinajstić information content (AvgIpc) is 2.83. The van der Waals surface area contributed by atoms with E-state index in [0.717, 1.165) is 5.01 Å². The molecular weight excluding hydrogens is 353 g/mol. The second-order valence-electron chi connectivity index (χ2n) is 4.22. The molecule has 1 aromatic carbocycles. The molecule has 0 radical (unpaired) electrons. The third-order valence-electron chi connectivity index (χ3n) is 2.75. The van der Waals surface area contributed by atoms with Gasteiger partial charge in [0.05, 0.1) is 22.3 Å². The molecule has 0 fully saturated rings. The van der Waals surface area contributed by atoms with Gasteiger partial charge < -0.3 is 5.73 Å². The molecule has 5 nitrogen and oxygen atoms in total. The second kappa shape index (κ2) is 6.60. The maximum Gasteiger partial charge on any atom is 0.242 e. The Kier molecular flexibility index (Phi) is 5.24. The third kappa shape index (κ3) is 3.74. The lowest BCUT2D eigenvalue weighted by molar-refractivity contribution is 0.580. The summed E-state index contributed by atoms with van der Waals surface area (Å²) in [5.41, 5.74) is 6.60. The van der Waals surface area contributed by atoms with Gasteiger partial charge >= 0.3 is 0 Å². The van der Waals surface area contributed by atoms with Crippen LogP contribution in [-0.4, -0.2) is 13.4 Å². The van der Waals surface area contributed by atoms with E-state index in [2.05, 4.69) is 9.71 Å². The Balaban J connectivity index is 2.27. The van der Waals surface area contributed by atoms with Crippen LogP contribution < -0.4 is 10.5 Å². The first-order valence-corrected chi connectivity index (χ1v) is 9.04. The summed E-state index contributed by atoms with van der Waals surface area (Å²) in [5.74, 6) is 0. The SMILES string of the molecule is Cc1nc(CNS(=O)(=O)c2ccc(Cl)c(CN)c2Cl)cs1. The molecule has 1 heterocycles. The summed E-state index contributed by atoms with van der Waals surface area (Å²) < 4.78 is 27.1. The first kappa shape index (κ1) is 16.7. The number of sulfonamides is 1. The maximum absolute atomic E-state index is 12.3. The second-order valence-corrected chi connectivity index (χ2v) is 7.81. The van der Waals surface area contributed by atoms with Gasteiger partial charge in [-0.25, -0.2) is 18.1 Å². The highest BCUT2D eigenvalue weighted by Crippen LogP contribution is 2.30. The van der Waals surface area contributed by atoms with Crippen LogP contribution in [0, 0.1) is 6.92 Å². The van der Waals surface area contributed by atoms with Crippen molar-refractivity contribution in [3.05, 3.63) is 43.8 Å². The molecule has 0 saturated heterocycles. The van der Waals surface area contributed by atoms with E-state index in [4.69, 9.17) is 28.9 Å². The van der Waals surface area contributed by atoms with Crippen LogP contribution in [0.4, 0.5) is 0 Å². The predicted molar refractivity (Wildman–Crippen MR) is 85.2 cm³/mol. The monoisotopic (exact) mass is 365 g/mol. The van der Waals surface area contributed by atoms with Crippen LogP contribution in [0.5, 0.6) is 0 Å². The van der Waals surface area contributed by atoms with Crippen molar-refractivity contribution in [1.82, 2.24) is 9.71 Å². The molecule has 0 aliphatic heterocycles. The van der Waals surface area contributed by atoms with Gasteiger partial charge in [-0.2, -0.15) is 0 Å². The molecule has 0 unspecified atom stereocenters. The highest BCUT2D eigenvalue weighted by atomic mass is 35.5. The Morgan fingerprint density at radius 2 is 2.10 bits per heavy atom.